The summed E-state index contributed by atoms with van der Waals surface area (Å²) in [5.74, 6) is 2.64. The molecule has 1 fully saturated rings. The Morgan fingerprint density at radius 1 is 1.14 bits per heavy atom. The molecule has 0 atom stereocenters. The van der Waals surface area contributed by atoms with Crippen LogP contribution in [0.1, 0.15) is 18.3 Å². The average Bonchev–Trinajstić information content (AvgIpc) is 3.36. The van der Waals surface area contributed by atoms with Gasteiger partial charge in [0.05, 0.1) is 30.5 Å². The molecule has 0 amide bonds. The lowest BCUT2D eigenvalue weighted by Crippen LogP contribution is -2.36. The topological polar surface area (TPSA) is 89.5 Å². The van der Waals surface area contributed by atoms with Crippen LogP contribution in [0.5, 0.6) is 5.75 Å². The molecule has 3 aromatic heterocycles. The number of ether oxygens (including phenoxy) is 2. The first-order chi connectivity index (χ1) is 18.0. The Morgan fingerprint density at radius 2 is 1.89 bits per heavy atom. The molecule has 1 aliphatic heterocycles. The van der Waals surface area contributed by atoms with E-state index in [0.717, 1.165) is 65.2 Å². The van der Waals surface area contributed by atoms with Crippen molar-refractivity contribution in [2.24, 2.45) is 0 Å². The van der Waals surface area contributed by atoms with Crippen LogP contribution in [0, 0.1) is 6.92 Å². The van der Waals surface area contributed by atoms with Gasteiger partial charge < -0.3 is 19.7 Å². The van der Waals surface area contributed by atoms with Crippen LogP contribution in [-0.4, -0.2) is 61.2 Å². The zero-order valence-corrected chi connectivity index (χ0v) is 22.3. The highest BCUT2D eigenvalue weighted by Crippen LogP contribution is 2.37. The number of ketones is 1. The molecule has 0 saturated carbocycles. The Balaban J connectivity index is 0.000000188. The van der Waals surface area contributed by atoms with E-state index in [1.165, 1.54) is 17.4 Å². The molecular weight excluding hydrogens is 486 g/mol. The van der Waals surface area contributed by atoms with E-state index in [1.54, 1.807) is 31.6 Å². The third-order valence-electron chi connectivity index (χ3n) is 5.74. The number of fused-ring (bicyclic) bond motifs is 1. The number of nitrogens with zero attached hydrogens (tertiary/aromatic N) is 4. The van der Waals surface area contributed by atoms with E-state index in [0.29, 0.717) is 0 Å². The third-order valence-corrected chi connectivity index (χ3v) is 6.91. The lowest BCUT2D eigenvalue weighted by molar-refractivity contribution is -0.112. The molecule has 0 spiro atoms. The summed E-state index contributed by atoms with van der Waals surface area (Å²) in [5.41, 5.74) is 3.92. The molecular formula is C28H31N5O3S. The largest absolute Gasteiger partial charge is 0.497 e. The zero-order valence-electron chi connectivity index (χ0n) is 21.5. The van der Waals surface area contributed by atoms with E-state index >= 15 is 0 Å². The lowest BCUT2D eigenvalue weighted by Gasteiger charge is -2.28. The van der Waals surface area contributed by atoms with Crippen molar-refractivity contribution in [1.29, 1.82) is 0 Å². The summed E-state index contributed by atoms with van der Waals surface area (Å²) >= 11 is 1.74. The van der Waals surface area contributed by atoms with Crippen molar-refractivity contribution in [1.82, 2.24) is 20.3 Å². The molecule has 9 heteroatoms. The van der Waals surface area contributed by atoms with Crippen LogP contribution in [0.25, 0.3) is 26.4 Å². The molecule has 192 valence electrons. The molecule has 0 radical (unpaired) electrons. The number of aromatic nitrogens is 3. The summed E-state index contributed by atoms with van der Waals surface area (Å²) in [5, 5.41) is 2.99. The van der Waals surface area contributed by atoms with Crippen LogP contribution < -0.4 is 15.0 Å². The Hall–Kier alpha value is -3.82. The maximum absolute atomic E-state index is 11.0. The van der Waals surface area contributed by atoms with E-state index in [1.807, 2.05) is 55.7 Å². The minimum atomic E-state index is 0.0159. The highest BCUT2D eigenvalue weighted by atomic mass is 32.1. The molecule has 0 unspecified atom stereocenters. The second-order valence-corrected chi connectivity index (χ2v) is 9.46. The predicted octanol–water partition coefficient (Wildman–Crippen LogP) is 4.74. The van der Waals surface area contributed by atoms with Crippen molar-refractivity contribution < 1.29 is 14.3 Å². The number of rotatable bonds is 6. The van der Waals surface area contributed by atoms with E-state index in [4.69, 9.17) is 9.47 Å². The van der Waals surface area contributed by atoms with Crippen LogP contribution in [-0.2, 0) is 9.53 Å². The van der Waals surface area contributed by atoms with Gasteiger partial charge in [-0.3, -0.25) is 9.78 Å². The second kappa shape index (κ2) is 12.4. The first kappa shape index (κ1) is 26.2. The van der Waals surface area contributed by atoms with Crippen molar-refractivity contribution in [3.63, 3.8) is 0 Å². The summed E-state index contributed by atoms with van der Waals surface area (Å²) in [6.07, 6.45) is 5.20. The molecule has 0 aliphatic carbocycles. The van der Waals surface area contributed by atoms with Crippen molar-refractivity contribution in [2.75, 3.05) is 45.4 Å². The van der Waals surface area contributed by atoms with Crippen LogP contribution in [0.15, 0.2) is 60.9 Å². The van der Waals surface area contributed by atoms with Gasteiger partial charge in [-0.1, -0.05) is 12.1 Å². The maximum Gasteiger partial charge on any atom is 0.154 e. The number of anilines is 1. The van der Waals surface area contributed by atoms with E-state index < -0.39 is 0 Å². The number of pyridine rings is 1. The Labute approximate surface area is 221 Å². The fourth-order valence-electron chi connectivity index (χ4n) is 3.97. The number of methoxy groups -OCH3 is 1. The van der Waals surface area contributed by atoms with Gasteiger partial charge in [0.15, 0.2) is 11.6 Å². The number of hydrogen-bond acceptors (Lipinski definition) is 9. The minimum Gasteiger partial charge on any atom is -0.497 e. The third kappa shape index (κ3) is 6.69. The molecule has 1 saturated heterocycles. The molecule has 37 heavy (non-hydrogen) atoms. The van der Waals surface area contributed by atoms with E-state index in [2.05, 4.69) is 31.2 Å². The van der Waals surface area contributed by atoms with E-state index in [-0.39, 0.29) is 5.78 Å². The van der Waals surface area contributed by atoms with Crippen LogP contribution >= 0.6 is 11.3 Å². The highest BCUT2D eigenvalue weighted by Gasteiger charge is 2.19. The van der Waals surface area contributed by atoms with Gasteiger partial charge in [0.25, 0.3) is 0 Å². The smallest absolute Gasteiger partial charge is 0.154 e. The molecule has 4 heterocycles. The number of aryl methyl sites for hydroxylation is 1. The van der Waals surface area contributed by atoms with Crippen LogP contribution in [0.4, 0.5) is 5.82 Å². The van der Waals surface area contributed by atoms with Gasteiger partial charge in [0.2, 0.25) is 0 Å². The SMILES string of the molecule is CN/C(=C\C(C)=O)c1cccc(OC)c1.Cc1nc(N2CCOCC2)c2sc(-c3ccncc3)cc2n1. The number of hydrogen-bond donors (Lipinski definition) is 1. The quantitative estimate of drug-likeness (QED) is 0.367. The normalized spacial score (nSPS) is 13.6. The molecule has 1 aromatic carbocycles. The fourth-order valence-corrected chi connectivity index (χ4v) is 5.09. The Bertz CT molecular complexity index is 1380. The molecule has 8 nitrogen and oxygen atoms in total. The van der Waals surface area contributed by atoms with Gasteiger partial charge in [-0.2, -0.15) is 0 Å². The maximum atomic E-state index is 11.0. The monoisotopic (exact) mass is 517 g/mol. The summed E-state index contributed by atoms with van der Waals surface area (Å²) in [4.78, 5) is 27.9. The van der Waals surface area contributed by atoms with Crippen molar-refractivity contribution >= 4 is 38.9 Å². The number of thiophene rings is 1. The number of benzene rings is 1. The fraction of sp³-hybridized carbons (Fsp3) is 0.286. The second-order valence-electron chi connectivity index (χ2n) is 8.41. The molecule has 1 N–H and O–H groups in total. The molecule has 4 aromatic rings. The van der Waals surface area contributed by atoms with Crippen LogP contribution in [0.2, 0.25) is 0 Å². The van der Waals surface area contributed by atoms with Crippen molar-refractivity contribution in [2.45, 2.75) is 13.8 Å². The van der Waals surface area contributed by atoms with Gasteiger partial charge >= 0.3 is 0 Å². The summed E-state index contributed by atoms with van der Waals surface area (Å²) in [6.45, 7) is 6.76. The predicted molar refractivity (Wildman–Crippen MR) is 149 cm³/mol. The summed E-state index contributed by atoms with van der Waals surface area (Å²) < 4.78 is 11.7. The summed E-state index contributed by atoms with van der Waals surface area (Å²) in [7, 11) is 3.40. The molecule has 0 bridgehead atoms. The lowest BCUT2D eigenvalue weighted by atomic mass is 10.1. The van der Waals surface area contributed by atoms with Gasteiger partial charge in [-0.25, -0.2) is 9.97 Å². The first-order valence-corrected chi connectivity index (χ1v) is 12.9. The van der Waals surface area contributed by atoms with Crippen LogP contribution in [0.3, 0.4) is 0 Å². The van der Waals surface area contributed by atoms with Gasteiger partial charge in [0, 0.05) is 54.7 Å². The number of nitrogens with one attached hydrogen (secondary N) is 1. The standard InChI is InChI=1S/C16H16N4OS.C12H15NO2/c1-11-18-13-10-14(12-2-4-17-5-3-12)22-15(13)16(19-11)20-6-8-21-9-7-20;1-9(14)7-12(13-2)10-5-4-6-11(8-10)15-3/h2-5,10H,6-9H2,1H3;4-8,13H,1-3H3/b;12-7-. The zero-order chi connectivity index (χ0) is 26.2. The Morgan fingerprint density at radius 3 is 2.57 bits per heavy atom. The average molecular weight is 518 g/mol. The molecule has 1 aliphatic rings. The molecule has 5 rings (SSSR count). The van der Waals surface area contributed by atoms with Gasteiger partial charge in [-0.05, 0) is 49.7 Å². The van der Waals surface area contributed by atoms with E-state index in [9.17, 15) is 4.79 Å². The highest BCUT2D eigenvalue weighted by molar-refractivity contribution is 7.22. The first-order valence-electron chi connectivity index (χ1n) is 12.0. The van der Waals surface area contributed by atoms with Crippen molar-refractivity contribution in [3.8, 4) is 16.2 Å². The van der Waals surface area contributed by atoms with Crippen molar-refractivity contribution in [3.05, 3.63) is 72.3 Å². The number of allylic oxidation sites excluding steroid dienone is 1. The van der Waals surface area contributed by atoms with Gasteiger partial charge in [0.1, 0.15) is 11.6 Å². The number of carbonyl (C=O) groups is 1. The number of morpholine rings is 1. The minimum absolute atomic E-state index is 0.0159. The summed E-state index contributed by atoms with van der Waals surface area (Å²) in [6, 6.07) is 13.8. The number of carbonyl (C=O) groups excluding carboxylic acids is 1. The Kier molecular flexibility index (Phi) is 8.81. The van der Waals surface area contributed by atoms with Gasteiger partial charge in [-0.15, -0.1) is 11.3 Å².